The minimum Gasteiger partial charge on any atom is -0.494 e. The van der Waals surface area contributed by atoms with Crippen LogP contribution in [-0.4, -0.2) is 33.2 Å². The van der Waals surface area contributed by atoms with Gasteiger partial charge in [-0.3, -0.25) is 9.10 Å². The fourth-order valence-electron chi connectivity index (χ4n) is 3.28. The van der Waals surface area contributed by atoms with E-state index in [0.717, 1.165) is 21.9 Å². The average molecular weight is 485 g/mol. The van der Waals surface area contributed by atoms with Gasteiger partial charge >= 0.3 is 0 Å². The summed E-state index contributed by atoms with van der Waals surface area (Å²) in [6.07, 6.45) is 1.09. The fraction of sp³-hybridized carbons (Fsp3) is 0.240. The lowest BCUT2D eigenvalue weighted by atomic mass is 10.2. The summed E-state index contributed by atoms with van der Waals surface area (Å²) in [6.45, 7) is 3.95. The summed E-state index contributed by atoms with van der Waals surface area (Å²) in [5.74, 6) is 1.03. The van der Waals surface area contributed by atoms with Crippen molar-refractivity contribution in [2.75, 3.05) is 22.5 Å². The summed E-state index contributed by atoms with van der Waals surface area (Å²) in [7, 11) is -3.69. The number of ether oxygens (including phenoxy) is 1. The van der Waals surface area contributed by atoms with Crippen molar-refractivity contribution in [2.24, 2.45) is 0 Å². The van der Waals surface area contributed by atoms with Crippen LogP contribution in [0.2, 0.25) is 0 Å². The monoisotopic (exact) mass is 484 g/mol. The Bertz CT molecular complexity index is 1150. The van der Waals surface area contributed by atoms with E-state index in [4.69, 9.17) is 4.74 Å². The Morgan fingerprint density at radius 3 is 2.21 bits per heavy atom. The number of amides is 1. The Morgan fingerprint density at radius 1 is 1.00 bits per heavy atom. The van der Waals surface area contributed by atoms with Crippen molar-refractivity contribution >= 4 is 39.1 Å². The van der Waals surface area contributed by atoms with Crippen LogP contribution in [0.5, 0.6) is 5.75 Å². The van der Waals surface area contributed by atoms with Gasteiger partial charge in [-0.25, -0.2) is 8.42 Å². The Kier molecular flexibility index (Phi) is 8.41. The van der Waals surface area contributed by atoms with Crippen LogP contribution in [0.3, 0.4) is 0 Å². The molecule has 1 amide bonds. The third kappa shape index (κ3) is 7.00. The van der Waals surface area contributed by atoms with Crippen LogP contribution in [0.25, 0.3) is 0 Å². The van der Waals surface area contributed by atoms with Gasteiger partial charge in [-0.1, -0.05) is 30.3 Å². The fourth-order valence-corrected chi connectivity index (χ4v) is 5.33. The second-order valence-corrected chi connectivity index (χ2v) is 10.4. The number of carbonyl (C=O) groups is 1. The first-order chi connectivity index (χ1) is 15.8. The first-order valence-corrected chi connectivity index (χ1v) is 13.4. The maximum Gasteiger partial charge on any atom is 0.247 e. The van der Waals surface area contributed by atoms with E-state index < -0.39 is 22.0 Å². The minimum atomic E-state index is -3.69. The van der Waals surface area contributed by atoms with E-state index in [9.17, 15) is 13.2 Å². The number of rotatable bonds is 10. The van der Waals surface area contributed by atoms with Crippen molar-refractivity contribution in [3.05, 3.63) is 84.4 Å². The molecular formula is C25H28N2O4S2. The zero-order valence-electron chi connectivity index (χ0n) is 18.9. The Hall–Kier alpha value is -2.97. The quantitative estimate of drug-likeness (QED) is 0.402. The first kappa shape index (κ1) is 24.7. The summed E-state index contributed by atoms with van der Waals surface area (Å²) in [4.78, 5) is 14.1. The maximum atomic E-state index is 12.9. The van der Waals surface area contributed by atoms with Crippen molar-refractivity contribution in [3.8, 4) is 5.75 Å². The molecule has 1 atom stereocenters. The third-order valence-corrected chi connectivity index (χ3v) is 7.19. The van der Waals surface area contributed by atoms with Crippen molar-refractivity contribution in [2.45, 2.75) is 30.5 Å². The Balaban J connectivity index is 1.66. The van der Waals surface area contributed by atoms with Gasteiger partial charge in [-0.2, -0.15) is 0 Å². The topological polar surface area (TPSA) is 75.7 Å². The third-order valence-electron chi connectivity index (χ3n) is 4.86. The van der Waals surface area contributed by atoms with Crippen LogP contribution < -0.4 is 14.4 Å². The molecule has 8 heteroatoms. The minimum absolute atomic E-state index is 0.400. The highest BCUT2D eigenvalue weighted by Gasteiger charge is 2.29. The van der Waals surface area contributed by atoms with Gasteiger partial charge in [0.1, 0.15) is 11.8 Å². The molecule has 0 fully saturated rings. The molecular weight excluding hydrogens is 456 g/mol. The molecule has 1 N–H and O–H groups in total. The summed E-state index contributed by atoms with van der Waals surface area (Å²) >= 11 is 1.74. The number of thioether (sulfide) groups is 1. The van der Waals surface area contributed by atoms with Crippen molar-refractivity contribution in [1.29, 1.82) is 0 Å². The number of anilines is 2. The van der Waals surface area contributed by atoms with E-state index in [1.165, 1.54) is 4.90 Å². The van der Waals surface area contributed by atoms with E-state index in [2.05, 4.69) is 17.4 Å². The smallest absolute Gasteiger partial charge is 0.247 e. The molecule has 0 saturated heterocycles. The van der Waals surface area contributed by atoms with E-state index in [1.54, 1.807) is 43.0 Å². The molecule has 0 bridgehead atoms. The highest BCUT2D eigenvalue weighted by Crippen LogP contribution is 2.25. The van der Waals surface area contributed by atoms with Gasteiger partial charge in [0.05, 0.1) is 18.6 Å². The van der Waals surface area contributed by atoms with E-state index in [0.29, 0.717) is 23.7 Å². The van der Waals surface area contributed by atoms with Crippen molar-refractivity contribution < 1.29 is 17.9 Å². The number of nitrogens with one attached hydrogen (secondary N) is 1. The first-order valence-electron chi connectivity index (χ1n) is 10.6. The number of benzene rings is 3. The lowest BCUT2D eigenvalue weighted by Crippen LogP contribution is -2.45. The molecule has 0 spiro atoms. The van der Waals surface area contributed by atoms with Crippen LogP contribution in [0.15, 0.2) is 83.8 Å². The van der Waals surface area contributed by atoms with Gasteiger partial charge in [0.2, 0.25) is 15.9 Å². The molecule has 33 heavy (non-hydrogen) atoms. The summed E-state index contributed by atoms with van der Waals surface area (Å²) in [5, 5.41) is 2.82. The van der Waals surface area contributed by atoms with E-state index >= 15 is 0 Å². The van der Waals surface area contributed by atoms with Crippen LogP contribution >= 0.6 is 11.8 Å². The Labute approximate surface area is 200 Å². The zero-order chi connectivity index (χ0) is 23.8. The zero-order valence-corrected chi connectivity index (χ0v) is 20.5. The predicted molar refractivity (Wildman–Crippen MR) is 135 cm³/mol. The van der Waals surface area contributed by atoms with E-state index in [1.807, 2.05) is 49.4 Å². The van der Waals surface area contributed by atoms with Gasteiger partial charge in [0.15, 0.2) is 0 Å². The molecule has 0 saturated carbocycles. The van der Waals surface area contributed by atoms with Gasteiger partial charge in [0.25, 0.3) is 0 Å². The summed E-state index contributed by atoms with van der Waals surface area (Å²) in [6, 6.07) is 23.4. The van der Waals surface area contributed by atoms with Crippen LogP contribution in [0.4, 0.5) is 11.4 Å². The molecule has 3 rings (SSSR count). The number of hydrogen-bond acceptors (Lipinski definition) is 5. The number of nitrogens with zero attached hydrogens (tertiary/aromatic N) is 1. The molecule has 0 heterocycles. The lowest BCUT2D eigenvalue weighted by Gasteiger charge is -2.28. The normalized spacial score (nSPS) is 12.1. The molecule has 6 nitrogen and oxygen atoms in total. The number of carbonyl (C=O) groups excluding carboxylic acids is 1. The molecule has 0 radical (unpaired) electrons. The highest BCUT2D eigenvalue weighted by atomic mass is 32.2. The SMILES string of the molecule is CCOc1ccc(N([C@H](C)C(=O)Nc2ccc(CSc3ccccc3)cc2)S(C)(=O)=O)cc1. The largest absolute Gasteiger partial charge is 0.494 e. The number of hydrogen-bond donors (Lipinski definition) is 1. The van der Waals surface area contributed by atoms with E-state index in [-0.39, 0.29) is 0 Å². The van der Waals surface area contributed by atoms with Gasteiger partial charge in [-0.05, 0) is 67.9 Å². The number of sulfonamides is 1. The van der Waals surface area contributed by atoms with Gasteiger partial charge in [-0.15, -0.1) is 11.8 Å². The van der Waals surface area contributed by atoms with Gasteiger partial charge < -0.3 is 10.1 Å². The molecule has 0 unspecified atom stereocenters. The summed E-state index contributed by atoms with van der Waals surface area (Å²) < 4.78 is 31.5. The van der Waals surface area contributed by atoms with Crippen molar-refractivity contribution in [1.82, 2.24) is 0 Å². The van der Waals surface area contributed by atoms with Crippen LogP contribution in [0.1, 0.15) is 19.4 Å². The van der Waals surface area contributed by atoms with Crippen molar-refractivity contribution in [3.63, 3.8) is 0 Å². The molecule has 174 valence electrons. The van der Waals surface area contributed by atoms with Crippen LogP contribution in [-0.2, 0) is 20.6 Å². The van der Waals surface area contributed by atoms with Crippen LogP contribution in [0, 0.1) is 0 Å². The highest BCUT2D eigenvalue weighted by molar-refractivity contribution is 7.98. The molecule has 0 aliphatic carbocycles. The maximum absolute atomic E-state index is 12.9. The van der Waals surface area contributed by atoms with Gasteiger partial charge in [0, 0.05) is 16.3 Å². The molecule has 0 aliphatic heterocycles. The lowest BCUT2D eigenvalue weighted by molar-refractivity contribution is -0.116. The summed E-state index contributed by atoms with van der Waals surface area (Å²) in [5.41, 5.74) is 2.14. The second-order valence-electron chi connectivity index (χ2n) is 7.45. The predicted octanol–water partition coefficient (Wildman–Crippen LogP) is 5.17. The molecule has 3 aromatic rings. The molecule has 3 aromatic carbocycles. The molecule has 0 aromatic heterocycles. The standard InChI is InChI=1S/C25H28N2O4S2/c1-4-31-23-16-14-22(15-17-23)27(33(3,29)30)19(2)25(28)26-21-12-10-20(11-13-21)18-32-24-8-6-5-7-9-24/h5-17,19H,4,18H2,1-3H3,(H,26,28)/t19-/m1/s1. The average Bonchev–Trinajstić information content (AvgIpc) is 2.80. The second kappa shape index (κ2) is 11.2. The Morgan fingerprint density at radius 2 is 1.64 bits per heavy atom. The molecule has 0 aliphatic rings.